The summed E-state index contributed by atoms with van der Waals surface area (Å²) in [5, 5.41) is 20.8. The van der Waals surface area contributed by atoms with Crippen LogP contribution in [-0.4, -0.2) is 21.5 Å². The van der Waals surface area contributed by atoms with Crippen molar-refractivity contribution in [3.05, 3.63) is 83.9 Å². The van der Waals surface area contributed by atoms with Crippen molar-refractivity contribution in [2.45, 2.75) is 26.6 Å². The topological polar surface area (TPSA) is 71.2 Å². The number of aliphatic hydroxyl groups is 1. The molecule has 1 atom stereocenters. The zero-order chi connectivity index (χ0) is 20.2. The molecule has 1 unspecified atom stereocenters. The van der Waals surface area contributed by atoms with Crippen molar-refractivity contribution in [2.24, 2.45) is 0 Å². The third-order valence-electron chi connectivity index (χ3n) is 4.88. The average molecular weight is 422 g/mol. The molecule has 4 aromatic rings. The molecule has 30 heavy (non-hydrogen) atoms. The van der Waals surface area contributed by atoms with Crippen LogP contribution in [0.1, 0.15) is 18.1 Å². The highest BCUT2D eigenvalue weighted by Gasteiger charge is 2.15. The van der Waals surface area contributed by atoms with Crippen LogP contribution in [0.25, 0.3) is 34.0 Å². The van der Waals surface area contributed by atoms with Crippen molar-refractivity contribution >= 4 is 12.4 Å². The summed E-state index contributed by atoms with van der Waals surface area (Å²) in [6.07, 6.45) is -0.539. The minimum Gasteiger partial charge on any atom is -0.416 e. The lowest BCUT2D eigenvalue weighted by atomic mass is 9.96. The van der Waals surface area contributed by atoms with Crippen LogP contribution < -0.4 is 5.32 Å². The Morgan fingerprint density at radius 3 is 2.20 bits per heavy atom. The van der Waals surface area contributed by atoms with E-state index in [0.717, 1.165) is 33.4 Å². The Balaban J connectivity index is 0.00000256. The lowest BCUT2D eigenvalue weighted by Crippen LogP contribution is -2.24. The van der Waals surface area contributed by atoms with E-state index in [2.05, 4.69) is 40.6 Å². The van der Waals surface area contributed by atoms with Gasteiger partial charge in [-0.3, -0.25) is 5.32 Å². The van der Waals surface area contributed by atoms with Crippen molar-refractivity contribution in [2.75, 3.05) is 0 Å². The molecular formula is C24H24ClN3O2. The second-order valence-electron chi connectivity index (χ2n) is 7.01. The van der Waals surface area contributed by atoms with Crippen molar-refractivity contribution < 1.29 is 9.52 Å². The Kier molecular flexibility index (Phi) is 7.00. The summed E-state index contributed by atoms with van der Waals surface area (Å²) >= 11 is 0. The summed E-state index contributed by atoms with van der Waals surface area (Å²) in [6, 6.07) is 24.3. The van der Waals surface area contributed by atoms with E-state index in [0.29, 0.717) is 18.3 Å². The van der Waals surface area contributed by atoms with E-state index in [4.69, 9.17) is 4.42 Å². The quantitative estimate of drug-likeness (QED) is 0.417. The molecule has 4 rings (SSSR count). The number of halogens is 1. The minimum absolute atomic E-state index is 0. The molecule has 0 saturated carbocycles. The molecule has 1 heterocycles. The summed E-state index contributed by atoms with van der Waals surface area (Å²) in [5.41, 5.74) is 6.28. The van der Waals surface area contributed by atoms with E-state index in [1.165, 1.54) is 0 Å². The van der Waals surface area contributed by atoms with E-state index in [-0.39, 0.29) is 12.4 Å². The van der Waals surface area contributed by atoms with Gasteiger partial charge in [0.05, 0.1) is 0 Å². The maximum atomic E-state index is 9.33. The van der Waals surface area contributed by atoms with Gasteiger partial charge in [-0.25, -0.2) is 0 Å². The standard InChI is InChI=1S/C24H23N3O2.ClH/c1-16-21(19-7-4-3-5-8-19)9-6-10-22(16)24-27-26-23(29-24)20-13-11-18(12-14-20)15-25-17(2)28;/h3-14,17,25,28H,15H2,1-2H3;1H. The molecule has 0 amide bonds. The van der Waals surface area contributed by atoms with E-state index in [1.807, 2.05) is 54.6 Å². The fourth-order valence-electron chi connectivity index (χ4n) is 3.28. The number of hydrogen-bond donors (Lipinski definition) is 2. The number of hydrogen-bond acceptors (Lipinski definition) is 5. The summed E-state index contributed by atoms with van der Waals surface area (Å²) in [6.45, 7) is 4.37. The zero-order valence-corrected chi connectivity index (χ0v) is 17.7. The molecular weight excluding hydrogens is 398 g/mol. The number of benzene rings is 3. The Morgan fingerprint density at radius 1 is 0.833 bits per heavy atom. The van der Waals surface area contributed by atoms with Crippen molar-refractivity contribution in [1.82, 2.24) is 15.5 Å². The van der Waals surface area contributed by atoms with Gasteiger partial charge in [0, 0.05) is 17.7 Å². The second kappa shape index (κ2) is 9.67. The number of nitrogens with zero attached hydrogens (tertiary/aromatic N) is 2. The second-order valence-corrected chi connectivity index (χ2v) is 7.01. The Bertz CT molecular complexity index is 1090. The van der Waals surface area contributed by atoms with E-state index in [1.54, 1.807) is 6.92 Å². The van der Waals surface area contributed by atoms with Gasteiger partial charge in [0.1, 0.15) is 6.23 Å². The highest BCUT2D eigenvalue weighted by atomic mass is 35.5. The zero-order valence-electron chi connectivity index (χ0n) is 16.9. The number of aromatic nitrogens is 2. The summed E-state index contributed by atoms with van der Waals surface area (Å²) in [7, 11) is 0. The highest BCUT2D eigenvalue weighted by molar-refractivity contribution is 5.85. The van der Waals surface area contributed by atoms with E-state index < -0.39 is 6.23 Å². The van der Waals surface area contributed by atoms with Crippen LogP contribution in [0.5, 0.6) is 0 Å². The fraction of sp³-hybridized carbons (Fsp3) is 0.167. The van der Waals surface area contributed by atoms with Crippen molar-refractivity contribution in [1.29, 1.82) is 0 Å². The van der Waals surface area contributed by atoms with Gasteiger partial charge in [-0.15, -0.1) is 22.6 Å². The van der Waals surface area contributed by atoms with Crippen LogP contribution in [0.15, 0.2) is 77.2 Å². The number of aliphatic hydroxyl groups excluding tert-OH is 1. The first-order chi connectivity index (χ1) is 14.1. The van der Waals surface area contributed by atoms with Crippen LogP contribution >= 0.6 is 12.4 Å². The highest BCUT2D eigenvalue weighted by Crippen LogP contribution is 2.32. The Labute approximate surface area is 182 Å². The molecule has 6 heteroatoms. The Hall–Kier alpha value is -2.99. The van der Waals surface area contributed by atoms with Gasteiger partial charge in [-0.1, -0.05) is 54.6 Å². The summed E-state index contributed by atoms with van der Waals surface area (Å²) in [5.74, 6) is 0.995. The first-order valence-electron chi connectivity index (χ1n) is 9.61. The first-order valence-corrected chi connectivity index (χ1v) is 9.61. The van der Waals surface area contributed by atoms with Gasteiger partial charge in [-0.05, 0) is 54.3 Å². The van der Waals surface area contributed by atoms with Crippen molar-refractivity contribution in [3.8, 4) is 34.0 Å². The third kappa shape index (κ3) is 4.76. The van der Waals surface area contributed by atoms with E-state index >= 15 is 0 Å². The molecule has 0 saturated heterocycles. The largest absolute Gasteiger partial charge is 0.416 e. The predicted molar refractivity (Wildman–Crippen MR) is 121 cm³/mol. The van der Waals surface area contributed by atoms with Gasteiger partial charge in [0.2, 0.25) is 11.8 Å². The molecule has 0 fully saturated rings. The summed E-state index contributed by atoms with van der Waals surface area (Å²) < 4.78 is 5.99. The van der Waals surface area contributed by atoms with Gasteiger partial charge >= 0.3 is 0 Å². The lowest BCUT2D eigenvalue weighted by molar-refractivity contribution is 0.155. The average Bonchev–Trinajstić information content (AvgIpc) is 3.23. The normalized spacial score (nSPS) is 11.7. The van der Waals surface area contributed by atoms with Gasteiger partial charge in [0.25, 0.3) is 0 Å². The van der Waals surface area contributed by atoms with Crippen molar-refractivity contribution in [3.63, 3.8) is 0 Å². The van der Waals surface area contributed by atoms with Crippen LogP contribution in [0.4, 0.5) is 0 Å². The lowest BCUT2D eigenvalue weighted by Gasteiger charge is -2.09. The number of rotatable bonds is 6. The maximum absolute atomic E-state index is 9.33. The maximum Gasteiger partial charge on any atom is 0.248 e. The SMILES string of the molecule is Cc1c(-c2ccccc2)cccc1-c1nnc(-c2ccc(CNC(C)O)cc2)o1.Cl. The molecule has 0 aliphatic rings. The Morgan fingerprint density at radius 2 is 1.50 bits per heavy atom. The van der Waals surface area contributed by atoms with Crippen LogP contribution in [0.3, 0.4) is 0 Å². The molecule has 3 aromatic carbocycles. The molecule has 0 aliphatic carbocycles. The number of nitrogens with one attached hydrogen (secondary N) is 1. The first kappa shape index (κ1) is 21.7. The van der Waals surface area contributed by atoms with Crippen LogP contribution in [-0.2, 0) is 6.54 Å². The van der Waals surface area contributed by atoms with E-state index in [9.17, 15) is 5.11 Å². The monoisotopic (exact) mass is 421 g/mol. The molecule has 2 N–H and O–H groups in total. The van der Waals surface area contributed by atoms with Gasteiger partial charge in [-0.2, -0.15) is 0 Å². The third-order valence-corrected chi connectivity index (χ3v) is 4.88. The molecule has 154 valence electrons. The summed E-state index contributed by atoms with van der Waals surface area (Å²) in [4.78, 5) is 0. The molecule has 0 radical (unpaired) electrons. The molecule has 1 aromatic heterocycles. The van der Waals surface area contributed by atoms with Gasteiger partial charge < -0.3 is 9.52 Å². The molecule has 0 bridgehead atoms. The minimum atomic E-state index is -0.539. The predicted octanol–water partition coefficient (Wildman–Crippen LogP) is 5.23. The van der Waals surface area contributed by atoms with Crippen LogP contribution in [0, 0.1) is 6.92 Å². The van der Waals surface area contributed by atoms with Crippen LogP contribution in [0.2, 0.25) is 0 Å². The molecule has 0 spiro atoms. The molecule has 0 aliphatic heterocycles. The fourth-order valence-corrected chi connectivity index (χ4v) is 3.28. The molecule has 5 nitrogen and oxygen atoms in total. The van der Waals surface area contributed by atoms with Gasteiger partial charge in [0.15, 0.2) is 0 Å². The smallest absolute Gasteiger partial charge is 0.248 e.